The monoisotopic (exact) mass is 508 g/mol. The Bertz CT molecular complexity index is 1200. The summed E-state index contributed by atoms with van der Waals surface area (Å²) < 4.78 is 44.1. The number of halogens is 4. The van der Waals surface area contributed by atoms with E-state index in [-0.39, 0.29) is 23.4 Å². The number of carbonyl (C=O) groups excluding carboxylic acids is 2. The number of pyridine rings is 1. The SMILES string of the molecule is O=C(Cc1cn2c(C(=O)NCC3(c4ccc(Cl)cc4)CCOCC3)cccc2n1)NCC(F)(F)F. The third-order valence-corrected chi connectivity index (χ3v) is 6.35. The largest absolute Gasteiger partial charge is 0.405 e. The molecule has 1 fully saturated rings. The molecular weight excluding hydrogens is 485 g/mol. The highest BCUT2D eigenvalue weighted by Gasteiger charge is 2.35. The van der Waals surface area contributed by atoms with Crippen LogP contribution in [0.1, 0.15) is 34.6 Å². The maximum absolute atomic E-state index is 13.2. The van der Waals surface area contributed by atoms with E-state index in [4.69, 9.17) is 16.3 Å². The Balaban J connectivity index is 1.49. The number of nitrogens with zero attached hydrogens (tertiary/aromatic N) is 2. The number of benzene rings is 1. The molecule has 0 spiro atoms. The number of amides is 2. The summed E-state index contributed by atoms with van der Waals surface area (Å²) in [4.78, 5) is 29.3. The van der Waals surface area contributed by atoms with Crippen LogP contribution in [-0.4, -0.2) is 53.7 Å². The fraction of sp³-hybridized carbons (Fsp3) is 0.375. The molecule has 2 N–H and O–H groups in total. The number of nitrogens with one attached hydrogen (secondary N) is 2. The topological polar surface area (TPSA) is 84.7 Å². The van der Waals surface area contributed by atoms with Crippen LogP contribution < -0.4 is 10.6 Å². The molecule has 3 heterocycles. The minimum absolute atomic E-state index is 0.256. The number of alkyl halides is 3. The number of aromatic nitrogens is 2. The molecule has 0 unspecified atom stereocenters. The van der Waals surface area contributed by atoms with Crippen molar-refractivity contribution >= 4 is 29.1 Å². The van der Waals surface area contributed by atoms with Crippen molar-refractivity contribution < 1.29 is 27.5 Å². The van der Waals surface area contributed by atoms with Gasteiger partial charge in [-0.1, -0.05) is 29.8 Å². The Morgan fingerprint density at radius 3 is 2.49 bits per heavy atom. The van der Waals surface area contributed by atoms with Gasteiger partial charge in [0.1, 0.15) is 17.9 Å². The van der Waals surface area contributed by atoms with Gasteiger partial charge in [0.2, 0.25) is 5.91 Å². The second kappa shape index (κ2) is 10.2. The highest BCUT2D eigenvalue weighted by molar-refractivity contribution is 6.30. The predicted octanol–water partition coefficient (Wildman–Crippen LogP) is 3.69. The summed E-state index contributed by atoms with van der Waals surface area (Å²) in [5.74, 6) is -1.14. The van der Waals surface area contributed by atoms with Crippen molar-refractivity contribution in [3.8, 4) is 0 Å². The number of hydrogen-bond acceptors (Lipinski definition) is 4. The van der Waals surface area contributed by atoms with Gasteiger partial charge in [0.15, 0.2) is 0 Å². The Kier molecular flexibility index (Phi) is 7.32. The molecule has 0 saturated carbocycles. The number of ether oxygens (including phenoxy) is 1. The lowest BCUT2D eigenvalue weighted by Gasteiger charge is -2.38. The number of carbonyl (C=O) groups is 2. The highest BCUT2D eigenvalue weighted by Crippen LogP contribution is 2.35. The number of imidazole rings is 1. The van der Waals surface area contributed by atoms with Crippen molar-refractivity contribution in [3.05, 3.63) is 70.6 Å². The van der Waals surface area contributed by atoms with E-state index in [1.165, 1.54) is 10.6 Å². The van der Waals surface area contributed by atoms with E-state index in [1.54, 1.807) is 18.2 Å². The first-order valence-electron chi connectivity index (χ1n) is 11.1. The van der Waals surface area contributed by atoms with Crippen LogP contribution >= 0.6 is 11.6 Å². The first kappa shape index (κ1) is 25.0. The lowest BCUT2D eigenvalue weighted by Crippen LogP contribution is -2.44. The van der Waals surface area contributed by atoms with E-state index in [1.807, 2.05) is 29.6 Å². The lowest BCUT2D eigenvalue weighted by atomic mass is 9.74. The molecule has 0 radical (unpaired) electrons. The normalized spacial score (nSPS) is 15.7. The summed E-state index contributed by atoms with van der Waals surface area (Å²) in [5.41, 5.74) is 1.73. The van der Waals surface area contributed by atoms with E-state index in [9.17, 15) is 22.8 Å². The fourth-order valence-corrected chi connectivity index (χ4v) is 4.36. The van der Waals surface area contributed by atoms with E-state index in [2.05, 4.69) is 10.3 Å². The van der Waals surface area contributed by atoms with Gasteiger partial charge in [-0.2, -0.15) is 13.2 Å². The molecule has 1 aromatic carbocycles. The van der Waals surface area contributed by atoms with Crippen LogP contribution in [0.15, 0.2) is 48.7 Å². The molecule has 7 nitrogen and oxygen atoms in total. The molecule has 11 heteroatoms. The van der Waals surface area contributed by atoms with E-state index < -0.39 is 18.6 Å². The summed E-state index contributed by atoms with van der Waals surface area (Å²) in [7, 11) is 0. The quantitative estimate of drug-likeness (QED) is 0.510. The number of rotatable bonds is 7. The predicted molar refractivity (Wildman–Crippen MR) is 123 cm³/mol. The van der Waals surface area contributed by atoms with Crippen LogP contribution in [0.2, 0.25) is 5.02 Å². The Morgan fingerprint density at radius 2 is 1.80 bits per heavy atom. The summed E-state index contributed by atoms with van der Waals surface area (Å²) in [6.07, 6.45) is -1.87. The van der Waals surface area contributed by atoms with Gasteiger partial charge in [-0.05, 0) is 42.7 Å². The lowest BCUT2D eigenvalue weighted by molar-refractivity contribution is -0.138. The zero-order valence-electron chi connectivity index (χ0n) is 18.7. The smallest absolute Gasteiger partial charge is 0.381 e. The zero-order valence-corrected chi connectivity index (χ0v) is 19.5. The molecule has 2 aromatic heterocycles. The molecule has 1 aliphatic heterocycles. The minimum Gasteiger partial charge on any atom is -0.381 e. The summed E-state index contributed by atoms with van der Waals surface area (Å²) >= 11 is 6.05. The van der Waals surface area contributed by atoms with Gasteiger partial charge in [-0.15, -0.1) is 0 Å². The van der Waals surface area contributed by atoms with Crippen molar-refractivity contribution in [2.45, 2.75) is 30.9 Å². The van der Waals surface area contributed by atoms with Gasteiger partial charge in [0.25, 0.3) is 5.91 Å². The van der Waals surface area contributed by atoms with E-state index >= 15 is 0 Å². The first-order valence-corrected chi connectivity index (χ1v) is 11.5. The van der Waals surface area contributed by atoms with Crippen molar-refractivity contribution in [3.63, 3.8) is 0 Å². The maximum Gasteiger partial charge on any atom is 0.405 e. The van der Waals surface area contributed by atoms with Crippen molar-refractivity contribution in [2.24, 2.45) is 0 Å². The molecular formula is C24H24ClF3N4O3. The molecule has 35 heavy (non-hydrogen) atoms. The van der Waals surface area contributed by atoms with Gasteiger partial charge < -0.3 is 15.4 Å². The minimum atomic E-state index is -4.49. The third-order valence-electron chi connectivity index (χ3n) is 6.10. The van der Waals surface area contributed by atoms with E-state index in [0.717, 1.165) is 18.4 Å². The Labute approximate surface area is 204 Å². The molecule has 1 aliphatic rings. The molecule has 4 rings (SSSR count). The Morgan fingerprint density at radius 1 is 1.09 bits per heavy atom. The van der Waals surface area contributed by atoms with Crippen LogP contribution in [0.3, 0.4) is 0 Å². The van der Waals surface area contributed by atoms with Crippen LogP contribution in [-0.2, 0) is 21.4 Å². The van der Waals surface area contributed by atoms with Crippen LogP contribution in [0.5, 0.6) is 0 Å². The number of fused-ring (bicyclic) bond motifs is 1. The van der Waals surface area contributed by atoms with Crippen LogP contribution in [0.4, 0.5) is 13.2 Å². The fourth-order valence-electron chi connectivity index (χ4n) is 4.23. The van der Waals surface area contributed by atoms with Gasteiger partial charge in [0.05, 0.1) is 12.1 Å². The Hall–Kier alpha value is -3.11. The third kappa shape index (κ3) is 6.12. The van der Waals surface area contributed by atoms with Gasteiger partial charge in [-0.25, -0.2) is 4.98 Å². The first-order chi connectivity index (χ1) is 16.7. The molecule has 2 amide bonds. The molecule has 0 atom stereocenters. The molecule has 0 aliphatic carbocycles. The standard InChI is InChI=1S/C24H24ClF3N4O3/c25-17-6-4-16(5-7-17)23(8-10-35-11-9-23)14-30-22(34)19-2-1-3-20-31-18(13-32(19)20)12-21(33)29-15-24(26,27)28/h1-7,13H,8-12,14-15H2,(H,29,33)(H,30,34). The van der Waals surface area contributed by atoms with Crippen LogP contribution in [0, 0.1) is 0 Å². The van der Waals surface area contributed by atoms with Gasteiger partial charge in [-0.3, -0.25) is 14.0 Å². The summed E-state index contributed by atoms with van der Waals surface area (Å²) in [6.45, 7) is 0.132. The molecule has 0 bridgehead atoms. The average molecular weight is 509 g/mol. The second-order valence-electron chi connectivity index (χ2n) is 8.52. The molecule has 1 saturated heterocycles. The average Bonchev–Trinajstić information content (AvgIpc) is 3.24. The number of hydrogen-bond donors (Lipinski definition) is 2. The van der Waals surface area contributed by atoms with Crippen molar-refractivity contribution in [1.29, 1.82) is 0 Å². The van der Waals surface area contributed by atoms with Crippen molar-refractivity contribution in [1.82, 2.24) is 20.0 Å². The summed E-state index contributed by atoms with van der Waals surface area (Å²) in [5, 5.41) is 5.48. The van der Waals surface area contributed by atoms with E-state index in [0.29, 0.717) is 36.1 Å². The zero-order chi connectivity index (χ0) is 25.1. The maximum atomic E-state index is 13.2. The summed E-state index contributed by atoms with van der Waals surface area (Å²) in [6, 6.07) is 12.5. The second-order valence-corrected chi connectivity index (χ2v) is 8.96. The molecule has 3 aromatic rings. The highest BCUT2D eigenvalue weighted by atomic mass is 35.5. The van der Waals surface area contributed by atoms with Gasteiger partial charge >= 0.3 is 6.18 Å². The van der Waals surface area contributed by atoms with Crippen LogP contribution in [0.25, 0.3) is 5.65 Å². The van der Waals surface area contributed by atoms with Crippen molar-refractivity contribution in [2.75, 3.05) is 26.3 Å². The molecule has 186 valence electrons. The van der Waals surface area contributed by atoms with Gasteiger partial charge in [0, 0.05) is 36.4 Å².